The molecular weight excluding hydrogens is 338 g/mol. The van der Waals surface area contributed by atoms with Crippen LogP contribution in [-0.4, -0.2) is 30.8 Å². The van der Waals surface area contributed by atoms with E-state index in [1.807, 2.05) is 31.2 Å². The maximum absolute atomic E-state index is 10.8. The summed E-state index contributed by atoms with van der Waals surface area (Å²) >= 11 is 5.95. The molecule has 0 aliphatic rings. The smallest absolute Gasteiger partial charge is 0.335 e. The van der Waals surface area contributed by atoms with Crippen LogP contribution in [0.3, 0.4) is 0 Å². The molecule has 0 aliphatic carbocycles. The Kier molecular flexibility index (Phi) is 6.90. The summed E-state index contributed by atoms with van der Waals surface area (Å²) in [6.07, 6.45) is 0.830. The van der Waals surface area contributed by atoms with Crippen molar-refractivity contribution < 1.29 is 14.6 Å². The van der Waals surface area contributed by atoms with Gasteiger partial charge in [0.25, 0.3) is 0 Å². The summed E-state index contributed by atoms with van der Waals surface area (Å²) in [7, 11) is 0. The molecule has 0 saturated carbocycles. The van der Waals surface area contributed by atoms with Gasteiger partial charge in [0.2, 0.25) is 0 Å². The van der Waals surface area contributed by atoms with Crippen LogP contribution in [0.4, 0.5) is 5.69 Å². The predicted molar refractivity (Wildman–Crippen MR) is 102 cm³/mol. The molecule has 0 aromatic heterocycles. The van der Waals surface area contributed by atoms with Gasteiger partial charge in [-0.15, -0.1) is 0 Å². The van der Waals surface area contributed by atoms with Crippen molar-refractivity contribution in [2.24, 2.45) is 0 Å². The minimum atomic E-state index is -0.940. The minimum Gasteiger partial charge on any atom is -0.494 e. The number of carboxylic acid groups (broad SMARTS) is 1. The number of benzene rings is 2. The number of anilines is 1. The summed E-state index contributed by atoms with van der Waals surface area (Å²) in [6, 6.07) is 14.2. The van der Waals surface area contributed by atoms with Crippen molar-refractivity contribution in [2.75, 3.05) is 24.6 Å². The van der Waals surface area contributed by atoms with E-state index in [0.717, 1.165) is 30.8 Å². The maximum atomic E-state index is 10.8. The van der Waals surface area contributed by atoms with Crippen molar-refractivity contribution in [3.8, 4) is 5.75 Å². The number of halogens is 1. The van der Waals surface area contributed by atoms with E-state index >= 15 is 0 Å². The Morgan fingerprint density at radius 3 is 2.36 bits per heavy atom. The lowest BCUT2D eigenvalue weighted by Gasteiger charge is -2.25. The minimum absolute atomic E-state index is 0.253. The molecule has 0 atom stereocenters. The number of carboxylic acids is 1. The summed E-state index contributed by atoms with van der Waals surface area (Å²) in [5.74, 6) is -0.270. The van der Waals surface area contributed by atoms with E-state index in [1.165, 1.54) is 0 Å². The highest BCUT2D eigenvalue weighted by molar-refractivity contribution is 6.30. The van der Waals surface area contributed by atoms with Gasteiger partial charge in [-0.3, -0.25) is 0 Å². The molecule has 0 amide bonds. The van der Waals surface area contributed by atoms with E-state index in [0.29, 0.717) is 17.4 Å². The first-order valence-electron chi connectivity index (χ1n) is 8.07. The maximum Gasteiger partial charge on any atom is 0.335 e. The molecule has 0 saturated heterocycles. The molecule has 2 aromatic rings. The molecule has 5 heteroatoms. The highest BCUT2D eigenvalue weighted by Gasteiger charge is 2.07. The Hall–Kier alpha value is -2.46. The number of nitrogens with zero attached hydrogens (tertiary/aromatic N) is 1. The molecule has 1 N–H and O–H groups in total. The summed E-state index contributed by atoms with van der Waals surface area (Å²) in [4.78, 5) is 13.1. The fourth-order valence-electron chi connectivity index (χ4n) is 2.42. The summed E-state index contributed by atoms with van der Waals surface area (Å²) in [5, 5.41) is 9.60. The molecule has 0 bridgehead atoms. The van der Waals surface area contributed by atoms with Gasteiger partial charge in [-0.1, -0.05) is 23.8 Å². The summed E-state index contributed by atoms with van der Waals surface area (Å²) in [6.45, 7) is 8.13. The largest absolute Gasteiger partial charge is 0.494 e. The second kappa shape index (κ2) is 9.14. The van der Waals surface area contributed by atoms with Crippen LogP contribution in [0.1, 0.15) is 23.7 Å². The molecule has 0 heterocycles. The van der Waals surface area contributed by atoms with Crippen LogP contribution in [0.2, 0.25) is 5.02 Å². The number of carbonyl (C=O) groups is 1. The van der Waals surface area contributed by atoms with Gasteiger partial charge in [0.05, 0.1) is 12.2 Å². The number of ether oxygens (including phenoxy) is 1. The molecule has 0 spiro atoms. The lowest BCUT2D eigenvalue weighted by atomic mass is 10.2. The lowest BCUT2D eigenvalue weighted by molar-refractivity contribution is 0.0697. The van der Waals surface area contributed by atoms with Crippen LogP contribution in [0.5, 0.6) is 5.75 Å². The van der Waals surface area contributed by atoms with Crippen molar-refractivity contribution in [3.63, 3.8) is 0 Å². The van der Waals surface area contributed by atoms with Crippen molar-refractivity contribution in [1.82, 2.24) is 0 Å². The highest BCUT2D eigenvalue weighted by Crippen LogP contribution is 2.19. The molecule has 0 unspecified atom stereocenters. The first-order chi connectivity index (χ1) is 12.0. The number of aromatic carboxylic acids is 1. The number of hydrogen-bond donors (Lipinski definition) is 1. The molecule has 2 aromatic carbocycles. The average Bonchev–Trinajstić information content (AvgIpc) is 2.58. The monoisotopic (exact) mass is 359 g/mol. The molecule has 2 rings (SSSR count). The SMILES string of the molecule is C=C(C)CN(CCCOc1ccc(C(=O)O)cc1)c1ccc(Cl)cc1. The lowest BCUT2D eigenvalue weighted by Crippen LogP contribution is -2.27. The molecule has 0 aliphatic heterocycles. The zero-order valence-corrected chi connectivity index (χ0v) is 15.0. The van der Waals surface area contributed by atoms with Gasteiger partial charge in [0.1, 0.15) is 5.75 Å². The Bertz CT molecular complexity index is 711. The van der Waals surface area contributed by atoms with Gasteiger partial charge >= 0.3 is 5.97 Å². The Morgan fingerprint density at radius 1 is 1.16 bits per heavy atom. The molecule has 0 radical (unpaired) electrons. The third-order valence-electron chi connectivity index (χ3n) is 3.59. The van der Waals surface area contributed by atoms with Crippen LogP contribution in [0.15, 0.2) is 60.7 Å². The second-order valence-electron chi connectivity index (χ2n) is 5.89. The molecule has 0 fully saturated rings. The van der Waals surface area contributed by atoms with E-state index in [4.69, 9.17) is 21.4 Å². The molecule has 4 nitrogen and oxygen atoms in total. The van der Waals surface area contributed by atoms with Crippen molar-refractivity contribution in [2.45, 2.75) is 13.3 Å². The van der Waals surface area contributed by atoms with Gasteiger partial charge in [0.15, 0.2) is 0 Å². The van der Waals surface area contributed by atoms with Gasteiger partial charge in [-0.05, 0) is 61.9 Å². The summed E-state index contributed by atoms with van der Waals surface area (Å²) in [5.41, 5.74) is 2.43. The average molecular weight is 360 g/mol. The van der Waals surface area contributed by atoms with Gasteiger partial charge in [-0.25, -0.2) is 4.79 Å². The highest BCUT2D eigenvalue weighted by atomic mass is 35.5. The fraction of sp³-hybridized carbons (Fsp3) is 0.250. The van der Waals surface area contributed by atoms with E-state index in [2.05, 4.69) is 11.5 Å². The van der Waals surface area contributed by atoms with Crippen LogP contribution < -0.4 is 9.64 Å². The van der Waals surface area contributed by atoms with Gasteiger partial charge < -0.3 is 14.7 Å². The third-order valence-corrected chi connectivity index (χ3v) is 3.85. The van der Waals surface area contributed by atoms with E-state index in [-0.39, 0.29) is 5.56 Å². The predicted octanol–water partition coefficient (Wildman–Crippen LogP) is 4.89. The van der Waals surface area contributed by atoms with Crippen molar-refractivity contribution >= 4 is 23.3 Å². The number of rotatable bonds is 9. The van der Waals surface area contributed by atoms with Crippen LogP contribution in [0, 0.1) is 0 Å². The van der Waals surface area contributed by atoms with Gasteiger partial charge in [0, 0.05) is 23.8 Å². The zero-order chi connectivity index (χ0) is 18.2. The first-order valence-corrected chi connectivity index (χ1v) is 8.44. The Morgan fingerprint density at radius 2 is 1.80 bits per heavy atom. The fourth-order valence-corrected chi connectivity index (χ4v) is 2.54. The quantitative estimate of drug-likeness (QED) is 0.511. The van der Waals surface area contributed by atoms with Crippen LogP contribution >= 0.6 is 11.6 Å². The second-order valence-corrected chi connectivity index (χ2v) is 6.32. The molecule has 132 valence electrons. The third kappa shape index (κ3) is 6.16. The Labute approximate surface area is 153 Å². The Balaban J connectivity index is 1.86. The topological polar surface area (TPSA) is 49.8 Å². The van der Waals surface area contributed by atoms with Crippen molar-refractivity contribution in [3.05, 3.63) is 71.3 Å². The molecular formula is C20H22ClNO3. The van der Waals surface area contributed by atoms with E-state index in [9.17, 15) is 4.79 Å². The normalized spacial score (nSPS) is 10.3. The summed E-state index contributed by atoms with van der Waals surface area (Å²) < 4.78 is 5.69. The first kappa shape index (κ1) is 18.9. The van der Waals surface area contributed by atoms with Crippen molar-refractivity contribution in [1.29, 1.82) is 0 Å². The van der Waals surface area contributed by atoms with E-state index in [1.54, 1.807) is 24.3 Å². The van der Waals surface area contributed by atoms with Crippen LogP contribution in [0.25, 0.3) is 0 Å². The number of hydrogen-bond acceptors (Lipinski definition) is 3. The van der Waals surface area contributed by atoms with E-state index < -0.39 is 5.97 Å². The van der Waals surface area contributed by atoms with Crippen LogP contribution in [-0.2, 0) is 0 Å². The standard InChI is InChI=1S/C20H22ClNO3/c1-15(2)14-22(18-8-6-17(21)7-9-18)12-3-13-25-19-10-4-16(5-11-19)20(23)24/h4-11H,1,3,12-14H2,2H3,(H,23,24). The zero-order valence-electron chi connectivity index (χ0n) is 14.2. The van der Waals surface area contributed by atoms with Gasteiger partial charge in [-0.2, -0.15) is 0 Å². The molecule has 25 heavy (non-hydrogen) atoms.